The van der Waals surface area contributed by atoms with Gasteiger partial charge in [-0.25, -0.2) is 9.79 Å². The molecular weight excluding hydrogens is 410 g/mol. The molecule has 0 aliphatic carbocycles. The van der Waals surface area contributed by atoms with Crippen molar-refractivity contribution in [2.75, 3.05) is 13.7 Å². The molecule has 0 atom stereocenters. The number of methoxy groups -OCH3 is 1. The molecule has 7 nitrogen and oxygen atoms in total. The topological polar surface area (TPSA) is 83.4 Å². The maximum Gasteiger partial charge on any atom is 0.363 e. The van der Waals surface area contributed by atoms with Crippen molar-refractivity contribution in [3.63, 3.8) is 0 Å². The molecule has 0 N–H and O–H groups in total. The highest BCUT2D eigenvalue weighted by molar-refractivity contribution is 6.32. The van der Waals surface area contributed by atoms with E-state index in [4.69, 9.17) is 30.5 Å². The second-order valence-electron chi connectivity index (χ2n) is 6.16. The van der Waals surface area contributed by atoms with Gasteiger partial charge in [-0.1, -0.05) is 24.6 Å². The third-order valence-corrected chi connectivity index (χ3v) is 4.36. The molecule has 1 aliphatic heterocycles. The fourth-order valence-corrected chi connectivity index (χ4v) is 2.92. The summed E-state index contributed by atoms with van der Waals surface area (Å²) in [5.74, 6) is 0.201. The SMILES string of the molecule is CCOc1cc(/C=C2/N=C(c3cccc(OC)c3)OC2=O)cc(Cl)c1OC(=O)CC. The monoisotopic (exact) mass is 429 g/mol. The minimum absolute atomic E-state index is 0.102. The standard InChI is InChI=1S/C22H20ClNO6/c1-4-19(25)29-20-16(23)9-13(11-18(20)28-5-2)10-17-22(26)30-21(24-17)14-7-6-8-15(12-14)27-3/h6-12H,4-5H2,1-3H3/b17-10+. The molecule has 0 radical (unpaired) electrons. The van der Waals surface area contributed by atoms with Gasteiger partial charge in [0.25, 0.3) is 0 Å². The van der Waals surface area contributed by atoms with Crippen molar-refractivity contribution in [1.29, 1.82) is 0 Å². The first kappa shape index (κ1) is 21.4. The average molecular weight is 430 g/mol. The van der Waals surface area contributed by atoms with Gasteiger partial charge < -0.3 is 18.9 Å². The quantitative estimate of drug-likeness (QED) is 0.368. The molecule has 0 saturated carbocycles. The van der Waals surface area contributed by atoms with E-state index < -0.39 is 11.9 Å². The van der Waals surface area contributed by atoms with Gasteiger partial charge in [0.05, 0.1) is 18.7 Å². The van der Waals surface area contributed by atoms with E-state index in [9.17, 15) is 9.59 Å². The Balaban J connectivity index is 1.96. The largest absolute Gasteiger partial charge is 0.497 e. The Labute approximate surface area is 178 Å². The molecule has 8 heteroatoms. The molecule has 0 amide bonds. The minimum Gasteiger partial charge on any atom is -0.497 e. The summed E-state index contributed by atoms with van der Waals surface area (Å²) in [5, 5.41) is 0.179. The molecule has 1 heterocycles. The smallest absolute Gasteiger partial charge is 0.363 e. The van der Waals surface area contributed by atoms with E-state index in [-0.39, 0.29) is 28.8 Å². The van der Waals surface area contributed by atoms with Gasteiger partial charge in [0, 0.05) is 12.0 Å². The lowest BCUT2D eigenvalue weighted by Gasteiger charge is -2.13. The Morgan fingerprint density at radius 2 is 2.03 bits per heavy atom. The molecule has 3 rings (SSSR count). The van der Waals surface area contributed by atoms with Crippen LogP contribution >= 0.6 is 11.6 Å². The first-order chi connectivity index (χ1) is 14.4. The normalized spacial score (nSPS) is 14.3. The first-order valence-corrected chi connectivity index (χ1v) is 9.67. The Kier molecular flexibility index (Phi) is 6.74. The Morgan fingerprint density at radius 3 is 2.73 bits per heavy atom. The number of halogens is 1. The van der Waals surface area contributed by atoms with Crippen molar-refractivity contribution in [3.8, 4) is 17.2 Å². The number of carbonyl (C=O) groups is 2. The summed E-state index contributed by atoms with van der Waals surface area (Å²) in [6.45, 7) is 3.82. The molecule has 0 fully saturated rings. The molecule has 0 bridgehead atoms. The maximum atomic E-state index is 12.3. The zero-order valence-electron chi connectivity index (χ0n) is 16.7. The van der Waals surface area contributed by atoms with Crippen molar-refractivity contribution in [2.24, 2.45) is 4.99 Å². The van der Waals surface area contributed by atoms with Gasteiger partial charge in [0.15, 0.2) is 17.2 Å². The summed E-state index contributed by atoms with van der Waals surface area (Å²) in [6, 6.07) is 10.2. The third-order valence-electron chi connectivity index (χ3n) is 4.08. The molecule has 0 unspecified atom stereocenters. The van der Waals surface area contributed by atoms with Gasteiger partial charge in [-0.15, -0.1) is 0 Å². The van der Waals surface area contributed by atoms with Crippen LogP contribution in [-0.2, 0) is 14.3 Å². The van der Waals surface area contributed by atoms with Gasteiger partial charge in [0.1, 0.15) is 5.75 Å². The first-order valence-electron chi connectivity index (χ1n) is 9.29. The highest BCUT2D eigenvalue weighted by atomic mass is 35.5. The Hall–Kier alpha value is -3.32. The lowest BCUT2D eigenvalue weighted by molar-refractivity contribution is -0.134. The van der Waals surface area contributed by atoms with Crippen molar-refractivity contribution in [3.05, 3.63) is 58.2 Å². The molecule has 156 valence electrons. The summed E-state index contributed by atoms with van der Waals surface area (Å²) in [4.78, 5) is 28.3. The van der Waals surface area contributed by atoms with Crippen LogP contribution in [0.2, 0.25) is 5.02 Å². The lowest BCUT2D eigenvalue weighted by atomic mass is 10.1. The summed E-state index contributed by atoms with van der Waals surface area (Å²) < 4.78 is 21.3. The van der Waals surface area contributed by atoms with E-state index in [0.717, 1.165) is 0 Å². The van der Waals surface area contributed by atoms with E-state index in [1.165, 1.54) is 6.08 Å². The number of aliphatic imine (C=N–C) groups is 1. The van der Waals surface area contributed by atoms with Crippen LogP contribution in [0.5, 0.6) is 17.2 Å². The second kappa shape index (κ2) is 9.45. The van der Waals surface area contributed by atoms with E-state index >= 15 is 0 Å². The molecule has 2 aromatic rings. The third kappa shape index (κ3) is 4.80. The highest BCUT2D eigenvalue weighted by Crippen LogP contribution is 2.38. The molecular formula is C22H20ClNO6. The maximum absolute atomic E-state index is 12.3. The molecule has 0 spiro atoms. The Morgan fingerprint density at radius 1 is 1.23 bits per heavy atom. The number of rotatable bonds is 7. The predicted molar refractivity (Wildman–Crippen MR) is 112 cm³/mol. The van der Waals surface area contributed by atoms with Crippen LogP contribution in [0.25, 0.3) is 6.08 Å². The lowest BCUT2D eigenvalue weighted by Crippen LogP contribution is -2.08. The number of hydrogen-bond acceptors (Lipinski definition) is 7. The number of ether oxygens (including phenoxy) is 4. The number of cyclic esters (lactones) is 1. The number of benzene rings is 2. The molecule has 1 aliphatic rings. The highest BCUT2D eigenvalue weighted by Gasteiger charge is 2.25. The summed E-state index contributed by atoms with van der Waals surface area (Å²) >= 11 is 6.30. The van der Waals surface area contributed by atoms with Gasteiger partial charge in [-0.3, -0.25) is 4.79 Å². The number of nitrogens with zero attached hydrogens (tertiary/aromatic N) is 1. The van der Waals surface area contributed by atoms with Crippen molar-refractivity contribution in [1.82, 2.24) is 0 Å². The van der Waals surface area contributed by atoms with Gasteiger partial charge in [0.2, 0.25) is 5.90 Å². The molecule has 0 saturated heterocycles. The average Bonchev–Trinajstić information content (AvgIpc) is 3.11. The van der Waals surface area contributed by atoms with Crippen LogP contribution in [-0.4, -0.2) is 31.6 Å². The summed E-state index contributed by atoms with van der Waals surface area (Å²) in [5.41, 5.74) is 1.26. The Bertz CT molecular complexity index is 1040. The van der Waals surface area contributed by atoms with E-state index in [0.29, 0.717) is 29.2 Å². The molecule has 30 heavy (non-hydrogen) atoms. The van der Waals surface area contributed by atoms with Crippen LogP contribution in [0, 0.1) is 0 Å². The van der Waals surface area contributed by atoms with Gasteiger partial charge in [-0.2, -0.15) is 0 Å². The number of hydrogen-bond donors (Lipinski definition) is 0. The van der Waals surface area contributed by atoms with E-state index in [1.54, 1.807) is 57.4 Å². The minimum atomic E-state index is -0.594. The predicted octanol–water partition coefficient (Wildman–Crippen LogP) is 4.41. The van der Waals surface area contributed by atoms with Gasteiger partial charge >= 0.3 is 11.9 Å². The molecule has 2 aromatic carbocycles. The van der Waals surface area contributed by atoms with Crippen LogP contribution in [0.1, 0.15) is 31.4 Å². The van der Waals surface area contributed by atoms with Gasteiger partial charge in [-0.05, 0) is 48.9 Å². The van der Waals surface area contributed by atoms with Crippen LogP contribution in [0.3, 0.4) is 0 Å². The number of esters is 2. The fraction of sp³-hybridized carbons (Fsp3) is 0.227. The van der Waals surface area contributed by atoms with E-state index in [1.807, 2.05) is 0 Å². The van der Waals surface area contributed by atoms with Crippen molar-refractivity contribution < 1.29 is 28.5 Å². The summed E-state index contributed by atoms with van der Waals surface area (Å²) in [6.07, 6.45) is 1.72. The zero-order chi connectivity index (χ0) is 21.7. The van der Waals surface area contributed by atoms with Crippen molar-refractivity contribution >= 4 is 35.5 Å². The summed E-state index contributed by atoms with van der Waals surface area (Å²) in [7, 11) is 1.55. The molecule has 0 aromatic heterocycles. The van der Waals surface area contributed by atoms with E-state index in [2.05, 4.69) is 4.99 Å². The van der Waals surface area contributed by atoms with Crippen LogP contribution < -0.4 is 14.2 Å². The zero-order valence-corrected chi connectivity index (χ0v) is 17.5. The number of carbonyl (C=O) groups excluding carboxylic acids is 2. The van der Waals surface area contributed by atoms with Crippen LogP contribution in [0.4, 0.5) is 0 Å². The van der Waals surface area contributed by atoms with Crippen LogP contribution in [0.15, 0.2) is 47.1 Å². The second-order valence-corrected chi connectivity index (χ2v) is 6.57. The van der Waals surface area contributed by atoms with Crippen molar-refractivity contribution in [2.45, 2.75) is 20.3 Å². The fourth-order valence-electron chi connectivity index (χ4n) is 2.67.